The molecule has 3 aliphatic carbocycles. The predicted octanol–water partition coefficient (Wildman–Crippen LogP) is 2.12. The number of halogens is 1. The molecule has 4 aliphatic rings. The van der Waals surface area contributed by atoms with Crippen molar-refractivity contribution in [2.45, 2.75) is 43.7 Å². The van der Waals surface area contributed by atoms with Crippen LogP contribution in [0.25, 0.3) is 0 Å². The van der Waals surface area contributed by atoms with Crippen LogP contribution >= 0.6 is 0 Å². The normalized spacial score (nSPS) is 33.5. The van der Waals surface area contributed by atoms with Crippen molar-refractivity contribution in [3.8, 4) is 6.07 Å². The quantitative estimate of drug-likeness (QED) is 0.853. The van der Waals surface area contributed by atoms with E-state index in [1.807, 2.05) is 0 Å². The molecule has 5 nitrogen and oxygen atoms in total. The molecule has 1 aromatic carbocycles. The van der Waals surface area contributed by atoms with Crippen LogP contribution in [0.1, 0.15) is 43.1 Å². The first-order chi connectivity index (χ1) is 11.1. The molecule has 6 rings (SSSR count). The minimum atomic E-state index is -0.279. The third-order valence-corrected chi connectivity index (χ3v) is 5.79. The van der Waals surface area contributed by atoms with E-state index in [2.05, 4.69) is 11.2 Å². The lowest BCUT2D eigenvalue weighted by atomic mass is 9.40. The highest BCUT2D eigenvalue weighted by atomic mass is 19.1. The SMILES string of the molecule is N#CC12CC(n3nc4n(c3=O)[C@H](c3ccccc3F)CC4)(C1)C2. The van der Waals surface area contributed by atoms with Gasteiger partial charge in [-0.15, -0.1) is 0 Å². The highest BCUT2D eigenvalue weighted by Crippen LogP contribution is 2.70. The summed E-state index contributed by atoms with van der Waals surface area (Å²) in [4.78, 5) is 12.9. The van der Waals surface area contributed by atoms with Crippen molar-refractivity contribution < 1.29 is 4.39 Å². The molecule has 0 unspecified atom stereocenters. The van der Waals surface area contributed by atoms with E-state index in [0.717, 1.165) is 25.1 Å². The minimum Gasteiger partial charge on any atom is -0.271 e. The Morgan fingerprint density at radius 2 is 2.04 bits per heavy atom. The molecule has 0 amide bonds. The average Bonchev–Trinajstić information content (AvgIpc) is 2.99. The smallest absolute Gasteiger partial charge is 0.271 e. The van der Waals surface area contributed by atoms with Crippen molar-refractivity contribution >= 4 is 0 Å². The molecule has 0 spiro atoms. The molecule has 1 aliphatic heterocycles. The Morgan fingerprint density at radius 1 is 1.30 bits per heavy atom. The first-order valence-electron chi connectivity index (χ1n) is 7.94. The van der Waals surface area contributed by atoms with Crippen LogP contribution < -0.4 is 5.69 Å². The summed E-state index contributed by atoms with van der Waals surface area (Å²) in [5, 5.41) is 13.7. The molecule has 6 heteroatoms. The topological polar surface area (TPSA) is 63.6 Å². The Kier molecular flexibility index (Phi) is 2.22. The Bertz CT molecular complexity index is 915. The lowest BCUT2D eigenvalue weighted by Gasteiger charge is -2.65. The van der Waals surface area contributed by atoms with Crippen LogP contribution in [-0.4, -0.2) is 14.3 Å². The van der Waals surface area contributed by atoms with Crippen molar-refractivity contribution in [3.05, 3.63) is 52.0 Å². The molecule has 2 aromatic rings. The fourth-order valence-corrected chi connectivity index (χ4v) is 4.72. The fourth-order valence-electron chi connectivity index (χ4n) is 4.72. The van der Waals surface area contributed by atoms with Gasteiger partial charge in [-0.25, -0.2) is 13.9 Å². The maximum atomic E-state index is 14.1. The Hall–Kier alpha value is -2.42. The van der Waals surface area contributed by atoms with Gasteiger partial charge >= 0.3 is 5.69 Å². The maximum absolute atomic E-state index is 14.1. The van der Waals surface area contributed by atoms with Gasteiger partial charge in [0.1, 0.15) is 11.6 Å². The maximum Gasteiger partial charge on any atom is 0.347 e. The molecule has 3 fully saturated rings. The zero-order valence-electron chi connectivity index (χ0n) is 12.5. The van der Waals surface area contributed by atoms with Gasteiger partial charge in [-0.3, -0.25) is 4.57 Å². The van der Waals surface area contributed by atoms with Gasteiger partial charge in [0.05, 0.1) is 23.1 Å². The molecule has 23 heavy (non-hydrogen) atoms. The molecule has 3 saturated carbocycles. The van der Waals surface area contributed by atoms with Crippen LogP contribution in [0.2, 0.25) is 0 Å². The van der Waals surface area contributed by atoms with E-state index in [9.17, 15) is 9.18 Å². The molecule has 0 radical (unpaired) electrons. The summed E-state index contributed by atoms with van der Waals surface area (Å²) in [6.45, 7) is 0. The number of nitriles is 1. The number of aromatic nitrogens is 3. The van der Waals surface area contributed by atoms with Gasteiger partial charge in [0.25, 0.3) is 0 Å². The van der Waals surface area contributed by atoms with Gasteiger partial charge in [-0.05, 0) is 31.7 Å². The lowest BCUT2D eigenvalue weighted by molar-refractivity contribution is -0.155. The van der Waals surface area contributed by atoms with Crippen molar-refractivity contribution in [2.24, 2.45) is 5.41 Å². The van der Waals surface area contributed by atoms with Gasteiger partial charge in [0.2, 0.25) is 0 Å². The molecule has 1 aromatic heterocycles. The number of fused-ring (bicyclic) bond motifs is 1. The van der Waals surface area contributed by atoms with Crippen LogP contribution in [0.15, 0.2) is 29.1 Å². The van der Waals surface area contributed by atoms with Crippen molar-refractivity contribution in [2.75, 3.05) is 0 Å². The second-order valence-corrected chi connectivity index (χ2v) is 7.20. The standard InChI is InChI=1S/C17H15FN4O/c18-12-4-2-1-3-11(12)13-5-6-14-20-22(15(23)21(13)14)17-7-16(8-17,9-17)10-19/h1-4,13H,5-9H2/t13-,16?,17?/m0/s1. The molecular formula is C17H15FN4O. The summed E-state index contributed by atoms with van der Waals surface area (Å²) < 4.78 is 17.3. The first-order valence-corrected chi connectivity index (χ1v) is 7.94. The molecule has 2 bridgehead atoms. The Morgan fingerprint density at radius 3 is 2.74 bits per heavy atom. The zero-order chi connectivity index (χ0) is 15.8. The second-order valence-electron chi connectivity index (χ2n) is 7.20. The Balaban J connectivity index is 1.57. The lowest BCUT2D eigenvalue weighted by Crippen LogP contribution is -2.69. The van der Waals surface area contributed by atoms with Gasteiger partial charge in [-0.1, -0.05) is 18.2 Å². The largest absolute Gasteiger partial charge is 0.347 e. The number of aryl methyl sites for hydroxylation is 1. The number of hydrogen-bond donors (Lipinski definition) is 0. The summed E-state index contributed by atoms with van der Waals surface area (Å²) in [6.07, 6.45) is 3.54. The highest BCUT2D eigenvalue weighted by Gasteiger charge is 2.71. The summed E-state index contributed by atoms with van der Waals surface area (Å²) in [5.41, 5.74) is -0.0847. The molecular weight excluding hydrogens is 295 g/mol. The number of rotatable bonds is 2. The average molecular weight is 310 g/mol. The first kappa shape index (κ1) is 13.1. The monoisotopic (exact) mass is 310 g/mol. The van der Waals surface area contributed by atoms with Crippen LogP contribution in [-0.2, 0) is 12.0 Å². The summed E-state index contributed by atoms with van der Waals surface area (Å²) in [7, 11) is 0. The molecule has 116 valence electrons. The van der Waals surface area contributed by atoms with Crippen LogP contribution in [0.4, 0.5) is 4.39 Å². The fraction of sp³-hybridized carbons (Fsp3) is 0.471. The third-order valence-electron chi connectivity index (χ3n) is 5.79. The molecule has 1 atom stereocenters. The molecule has 0 N–H and O–H groups in total. The van der Waals surface area contributed by atoms with E-state index < -0.39 is 0 Å². The summed E-state index contributed by atoms with van der Waals surface area (Å²) in [6, 6.07) is 8.70. The van der Waals surface area contributed by atoms with Gasteiger partial charge in [-0.2, -0.15) is 10.4 Å². The van der Waals surface area contributed by atoms with E-state index >= 15 is 0 Å². The number of benzene rings is 1. The van der Waals surface area contributed by atoms with Crippen molar-refractivity contribution in [1.82, 2.24) is 14.3 Å². The van der Waals surface area contributed by atoms with E-state index in [1.54, 1.807) is 27.4 Å². The van der Waals surface area contributed by atoms with Gasteiger partial charge < -0.3 is 0 Å². The van der Waals surface area contributed by atoms with E-state index in [-0.39, 0.29) is 28.5 Å². The van der Waals surface area contributed by atoms with E-state index in [0.29, 0.717) is 18.4 Å². The van der Waals surface area contributed by atoms with Crippen LogP contribution in [0, 0.1) is 22.6 Å². The molecule has 0 saturated heterocycles. The van der Waals surface area contributed by atoms with E-state index in [1.165, 1.54) is 6.07 Å². The number of hydrogen-bond acceptors (Lipinski definition) is 3. The highest BCUT2D eigenvalue weighted by molar-refractivity contribution is 5.30. The van der Waals surface area contributed by atoms with E-state index in [4.69, 9.17) is 5.26 Å². The summed E-state index contributed by atoms with van der Waals surface area (Å²) >= 11 is 0. The Labute approximate surface area is 132 Å². The number of nitrogens with zero attached hydrogens (tertiary/aromatic N) is 4. The summed E-state index contributed by atoms with van der Waals surface area (Å²) in [5.74, 6) is 0.456. The van der Waals surface area contributed by atoms with Gasteiger partial charge in [0, 0.05) is 12.0 Å². The zero-order valence-corrected chi connectivity index (χ0v) is 12.5. The predicted molar refractivity (Wildman–Crippen MR) is 79.2 cm³/mol. The van der Waals surface area contributed by atoms with Crippen molar-refractivity contribution in [3.63, 3.8) is 0 Å². The van der Waals surface area contributed by atoms with Crippen LogP contribution in [0.3, 0.4) is 0 Å². The second kappa shape index (κ2) is 3.91. The minimum absolute atomic E-state index is 0.156. The van der Waals surface area contributed by atoms with Crippen LogP contribution in [0.5, 0.6) is 0 Å². The third kappa shape index (κ3) is 1.45. The molecule has 2 heterocycles. The van der Waals surface area contributed by atoms with Crippen molar-refractivity contribution in [1.29, 1.82) is 5.26 Å². The van der Waals surface area contributed by atoms with Gasteiger partial charge in [0.15, 0.2) is 0 Å².